The molecule has 0 spiro atoms. The van der Waals surface area contributed by atoms with Gasteiger partial charge in [-0.05, 0) is 43.4 Å². The first-order valence-electron chi connectivity index (χ1n) is 7.68. The Morgan fingerprint density at radius 1 is 1.21 bits per heavy atom. The quantitative estimate of drug-likeness (QED) is 0.837. The van der Waals surface area contributed by atoms with Gasteiger partial charge in [0.15, 0.2) is 0 Å². The largest absolute Gasteiger partial charge is 0.342 e. The molecule has 2 saturated carbocycles. The molecule has 3 fully saturated rings. The van der Waals surface area contributed by atoms with E-state index >= 15 is 0 Å². The minimum atomic E-state index is -0.317. The molecule has 0 aromatic rings. The lowest BCUT2D eigenvalue weighted by Gasteiger charge is -2.43. The number of amides is 2. The number of piperazine rings is 1. The third-order valence-corrected chi connectivity index (χ3v) is 4.87. The average molecular weight is 264 g/mol. The second-order valence-corrected chi connectivity index (χ2v) is 6.80. The van der Waals surface area contributed by atoms with Crippen molar-refractivity contribution in [1.29, 1.82) is 0 Å². The third-order valence-electron chi connectivity index (χ3n) is 4.87. The van der Waals surface area contributed by atoms with Crippen LogP contribution in [0.2, 0.25) is 0 Å². The van der Waals surface area contributed by atoms with Crippen LogP contribution in [0.5, 0.6) is 0 Å². The van der Waals surface area contributed by atoms with E-state index in [1.54, 1.807) is 0 Å². The van der Waals surface area contributed by atoms with Crippen LogP contribution in [0.4, 0.5) is 0 Å². The molecule has 2 unspecified atom stereocenters. The molecule has 0 radical (unpaired) electrons. The lowest BCUT2D eigenvalue weighted by Crippen LogP contribution is -2.66. The second kappa shape index (κ2) is 4.80. The molecule has 106 valence electrons. The Labute approximate surface area is 114 Å². The van der Waals surface area contributed by atoms with Gasteiger partial charge in [0.05, 0.1) is 0 Å². The predicted molar refractivity (Wildman–Crippen MR) is 72.3 cm³/mol. The normalized spacial score (nSPS) is 32.5. The van der Waals surface area contributed by atoms with E-state index < -0.39 is 0 Å². The fraction of sp³-hybridized carbons (Fsp3) is 0.867. The average Bonchev–Trinajstić information content (AvgIpc) is 3.10. The van der Waals surface area contributed by atoms with Crippen LogP contribution in [0.25, 0.3) is 0 Å². The van der Waals surface area contributed by atoms with E-state index in [2.05, 4.69) is 5.32 Å². The molecule has 1 aliphatic heterocycles. The van der Waals surface area contributed by atoms with Gasteiger partial charge in [-0.15, -0.1) is 0 Å². The zero-order chi connectivity index (χ0) is 13.6. The van der Waals surface area contributed by atoms with Gasteiger partial charge in [0.1, 0.15) is 12.1 Å². The highest BCUT2D eigenvalue weighted by molar-refractivity contribution is 5.97. The molecule has 3 aliphatic rings. The summed E-state index contributed by atoms with van der Waals surface area (Å²) in [7, 11) is 0. The van der Waals surface area contributed by atoms with Crippen molar-refractivity contribution in [3.8, 4) is 0 Å². The van der Waals surface area contributed by atoms with Crippen LogP contribution in [0.1, 0.15) is 46.0 Å². The lowest BCUT2D eigenvalue weighted by atomic mass is 9.83. The van der Waals surface area contributed by atoms with Gasteiger partial charge in [-0.3, -0.25) is 9.59 Å². The Balaban J connectivity index is 1.78. The number of rotatable bonds is 4. The number of carbonyl (C=O) groups excluding carboxylic acids is 2. The maximum Gasteiger partial charge on any atom is 0.246 e. The monoisotopic (exact) mass is 264 g/mol. The maximum absolute atomic E-state index is 12.6. The van der Waals surface area contributed by atoms with Crippen LogP contribution >= 0.6 is 0 Å². The van der Waals surface area contributed by atoms with Crippen molar-refractivity contribution in [3.63, 3.8) is 0 Å². The fourth-order valence-electron chi connectivity index (χ4n) is 3.25. The SMILES string of the molecule is CC(C)C1NC(=O)C(C2CC2)N(CC2CCC2)C1=O. The standard InChI is InChI=1S/C15H24N2O2/c1-9(2)12-15(19)17(8-10-4-3-5-10)13(11-6-7-11)14(18)16-12/h9-13H,3-8H2,1-2H3,(H,16,18). The van der Waals surface area contributed by atoms with E-state index in [9.17, 15) is 9.59 Å². The summed E-state index contributed by atoms with van der Waals surface area (Å²) in [5.74, 6) is 1.44. The van der Waals surface area contributed by atoms with Crippen LogP contribution < -0.4 is 5.32 Å². The van der Waals surface area contributed by atoms with Crippen molar-refractivity contribution in [2.45, 2.75) is 58.0 Å². The van der Waals surface area contributed by atoms with Crippen molar-refractivity contribution >= 4 is 11.8 Å². The summed E-state index contributed by atoms with van der Waals surface area (Å²) in [6, 6.07) is -0.495. The molecule has 1 heterocycles. The second-order valence-electron chi connectivity index (χ2n) is 6.80. The maximum atomic E-state index is 12.6. The van der Waals surface area contributed by atoms with E-state index in [0.717, 1.165) is 19.4 Å². The summed E-state index contributed by atoms with van der Waals surface area (Å²) in [5, 5.41) is 2.95. The van der Waals surface area contributed by atoms with Gasteiger partial charge in [-0.1, -0.05) is 20.3 Å². The summed E-state index contributed by atoms with van der Waals surface area (Å²) in [6.45, 7) is 4.81. The van der Waals surface area contributed by atoms with Gasteiger partial charge in [0, 0.05) is 6.54 Å². The zero-order valence-corrected chi connectivity index (χ0v) is 11.9. The molecule has 0 aromatic heterocycles. The number of hydrogen-bond acceptors (Lipinski definition) is 2. The molecular weight excluding hydrogens is 240 g/mol. The summed E-state index contributed by atoms with van der Waals surface area (Å²) in [5.41, 5.74) is 0. The highest BCUT2D eigenvalue weighted by Gasteiger charge is 2.48. The minimum Gasteiger partial charge on any atom is -0.342 e. The van der Waals surface area contributed by atoms with E-state index in [-0.39, 0.29) is 29.8 Å². The number of carbonyl (C=O) groups is 2. The molecule has 4 heteroatoms. The molecule has 0 bridgehead atoms. The summed E-state index contributed by atoms with van der Waals surface area (Å²) < 4.78 is 0. The van der Waals surface area contributed by atoms with Gasteiger partial charge in [-0.2, -0.15) is 0 Å². The van der Waals surface area contributed by atoms with Crippen LogP contribution in [-0.2, 0) is 9.59 Å². The number of nitrogens with one attached hydrogen (secondary N) is 1. The third kappa shape index (κ3) is 2.37. The Morgan fingerprint density at radius 3 is 2.37 bits per heavy atom. The van der Waals surface area contributed by atoms with Crippen molar-refractivity contribution in [2.24, 2.45) is 17.8 Å². The molecular formula is C15H24N2O2. The number of nitrogens with zero attached hydrogens (tertiary/aromatic N) is 1. The van der Waals surface area contributed by atoms with Gasteiger partial charge < -0.3 is 10.2 Å². The van der Waals surface area contributed by atoms with E-state index in [1.807, 2.05) is 18.7 Å². The topological polar surface area (TPSA) is 49.4 Å². The fourth-order valence-corrected chi connectivity index (χ4v) is 3.25. The van der Waals surface area contributed by atoms with Gasteiger partial charge in [0.2, 0.25) is 11.8 Å². The van der Waals surface area contributed by atoms with Crippen LogP contribution in [0.3, 0.4) is 0 Å². The van der Waals surface area contributed by atoms with Crippen LogP contribution in [0.15, 0.2) is 0 Å². The molecule has 0 aromatic carbocycles. The highest BCUT2D eigenvalue weighted by atomic mass is 16.2. The number of hydrogen-bond donors (Lipinski definition) is 1. The molecule has 2 aliphatic carbocycles. The van der Waals surface area contributed by atoms with Crippen LogP contribution in [-0.4, -0.2) is 35.3 Å². The van der Waals surface area contributed by atoms with Crippen molar-refractivity contribution in [3.05, 3.63) is 0 Å². The first-order chi connectivity index (χ1) is 9.08. The van der Waals surface area contributed by atoms with Crippen LogP contribution in [0, 0.1) is 17.8 Å². The molecule has 19 heavy (non-hydrogen) atoms. The Hall–Kier alpha value is -1.06. The van der Waals surface area contributed by atoms with Gasteiger partial charge in [0.25, 0.3) is 0 Å². The first-order valence-corrected chi connectivity index (χ1v) is 7.68. The smallest absolute Gasteiger partial charge is 0.246 e. The molecule has 1 N–H and O–H groups in total. The zero-order valence-electron chi connectivity index (χ0n) is 11.9. The minimum absolute atomic E-state index is 0.0834. The Bertz CT molecular complexity index is 386. The Kier molecular flexibility index (Phi) is 3.27. The van der Waals surface area contributed by atoms with Crippen molar-refractivity contribution < 1.29 is 9.59 Å². The van der Waals surface area contributed by atoms with E-state index in [1.165, 1.54) is 19.3 Å². The van der Waals surface area contributed by atoms with Gasteiger partial charge >= 0.3 is 0 Å². The lowest BCUT2D eigenvalue weighted by molar-refractivity contribution is -0.152. The predicted octanol–water partition coefficient (Wildman–Crippen LogP) is 1.55. The molecule has 4 nitrogen and oxygen atoms in total. The van der Waals surface area contributed by atoms with Crippen molar-refractivity contribution in [1.82, 2.24) is 10.2 Å². The highest BCUT2D eigenvalue weighted by Crippen LogP contribution is 2.39. The summed E-state index contributed by atoms with van der Waals surface area (Å²) in [6.07, 6.45) is 5.91. The Morgan fingerprint density at radius 2 is 1.89 bits per heavy atom. The van der Waals surface area contributed by atoms with Crippen molar-refractivity contribution in [2.75, 3.05) is 6.54 Å². The molecule has 1 saturated heterocycles. The summed E-state index contributed by atoms with van der Waals surface area (Å²) in [4.78, 5) is 26.9. The molecule has 2 amide bonds. The van der Waals surface area contributed by atoms with E-state index in [4.69, 9.17) is 0 Å². The van der Waals surface area contributed by atoms with Gasteiger partial charge in [-0.25, -0.2) is 0 Å². The van der Waals surface area contributed by atoms with E-state index in [0.29, 0.717) is 11.8 Å². The first kappa shape index (κ1) is 12.9. The summed E-state index contributed by atoms with van der Waals surface area (Å²) >= 11 is 0. The molecule has 2 atom stereocenters. The molecule has 3 rings (SSSR count).